The van der Waals surface area contributed by atoms with Gasteiger partial charge in [-0.25, -0.2) is 0 Å². The van der Waals surface area contributed by atoms with Crippen LogP contribution in [-0.4, -0.2) is 41.5 Å². The Kier molecular flexibility index (Phi) is 3.41. The van der Waals surface area contributed by atoms with Crippen LogP contribution < -0.4 is 0 Å². The number of aryl methyl sites for hydroxylation is 1. The Morgan fingerprint density at radius 1 is 1.56 bits per heavy atom. The molecule has 0 fully saturated rings. The van der Waals surface area contributed by atoms with Gasteiger partial charge in [0.25, 0.3) is 5.91 Å². The van der Waals surface area contributed by atoms with Crippen LogP contribution in [0.15, 0.2) is 12.3 Å². The number of likely N-dealkylation sites (N-methyl/N-ethyl adjacent to an activating group) is 1. The smallest absolute Gasteiger partial charge is 0.307 e. The third-order valence-corrected chi connectivity index (χ3v) is 3.14. The molecule has 1 atom stereocenters. The van der Waals surface area contributed by atoms with E-state index < -0.39 is 0 Å². The number of hydrogen-bond donors (Lipinski definition) is 0. The van der Waals surface area contributed by atoms with Crippen LogP contribution in [0.2, 0.25) is 0 Å². The lowest BCUT2D eigenvalue weighted by Gasteiger charge is -2.31. The number of nitrogens with zero attached hydrogens (tertiary/aromatic N) is 2. The molecule has 1 aromatic heterocycles. The van der Waals surface area contributed by atoms with E-state index in [9.17, 15) is 9.59 Å². The van der Waals surface area contributed by atoms with E-state index >= 15 is 0 Å². The highest BCUT2D eigenvalue weighted by molar-refractivity contribution is 5.93. The minimum Gasteiger partial charge on any atom is -0.466 e. The lowest BCUT2D eigenvalue weighted by Crippen LogP contribution is -2.40. The Labute approximate surface area is 106 Å². The van der Waals surface area contributed by atoms with Gasteiger partial charge in [-0.15, -0.1) is 0 Å². The molecule has 2 heterocycles. The van der Waals surface area contributed by atoms with Crippen molar-refractivity contribution in [3.8, 4) is 0 Å². The standard InChI is InChI=1S/C13H18N2O3/c1-4-18-12(16)6-10-8-14(3)13(17)11-5-9(2)7-15(10)11/h5,7,10H,4,6,8H2,1-3H3. The zero-order valence-corrected chi connectivity index (χ0v) is 11.0. The number of aromatic nitrogens is 1. The molecule has 1 unspecified atom stereocenters. The molecular weight excluding hydrogens is 232 g/mol. The van der Waals surface area contributed by atoms with Gasteiger partial charge in [-0.1, -0.05) is 0 Å². The summed E-state index contributed by atoms with van der Waals surface area (Å²) >= 11 is 0. The molecule has 0 bridgehead atoms. The maximum atomic E-state index is 12.0. The number of esters is 1. The molecule has 5 nitrogen and oxygen atoms in total. The van der Waals surface area contributed by atoms with Gasteiger partial charge in [0, 0.05) is 19.8 Å². The molecule has 0 aliphatic carbocycles. The minimum absolute atomic E-state index is 0.00297. The van der Waals surface area contributed by atoms with Gasteiger partial charge in [-0.2, -0.15) is 0 Å². The third-order valence-electron chi connectivity index (χ3n) is 3.14. The van der Waals surface area contributed by atoms with E-state index in [1.54, 1.807) is 18.9 Å². The second-order valence-electron chi connectivity index (χ2n) is 4.66. The SMILES string of the molecule is CCOC(=O)CC1CN(C)C(=O)c2cc(C)cn21. The van der Waals surface area contributed by atoms with Crippen LogP contribution in [0.25, 0.3) is 0 Å². The van der Waals surface area contributed by atoms with Crippen LogP contribution in [0.1, 0.15) is 35.4 Å². The number of ether oxygens (including phenoxy) is 1. The fourth-order valence-electron chi connectivity index (χ4n) is 2.35. The van der Waals surface area contributed by atoms with E-state index in [-0.39, 0.29) is 17.9 Å². The topological polar surface area (TPSA) is 51.5 Å². The minimum atomic E-state index is -0.220. The molecule has 2 rings (SSSR count). The average molecular weight is 250 g/mol. The lowest BCUT2D eigenvalue weighted by atomic mass is 10.1. The highest BCUT2D eigenvalue weighted by Gasteiger charge is 2.30. The van der Waals surface area contributed by atoms with E-state index in [0.717, 1.165) is 5.56 Å². The Morgan fingerprint density at radius 2 is 2.28 bits per heavy atom. The molecule has 0 radical (unpaired) electrons. The van der Waals surface area contributed by atoms with E-state index in [1.165, 1.54) is 0 Å². The van der Waals surface area contributed by atoms with E-state index in [1.807, 2.05) is 23.8 Å². The maximum Gasteiger partial charge on any atom is 0.307 e. The Morgan fingerprint density at radius 3 is 2.94 bits per heavy atom. The van der Waals surface area contributed by atoms with Crippen molar-refractivity contribution in [1.29, 1.82) is 0 Å². The predicted molar refractivity (Wildman–Crippen MR) is 66.4 cm³/mol. The summed E-state index contributed by atoms with van der Waals surface area (Å²) in [5, 5.41) is 0. The molecule has 0 N–H and O–H groups in total. The van der Waals surface area contributed by atoms with Crippen molar-refractivity contribution in [2.75, 3.05) is 20.2 Å². The number of rotatable bonds is 3. The van der Waals surface area contributed by atoms with Crippen LogP contribution in [0.4, 0.5) is 0 Å². The van der Waals surface area contributed by atoms with Gasteiger partial charge in [0.15, 0.2) is 0 Å². The van der Waals surface area contributed by atoms with Gasteiger partial charge in [-0.3, -0.25) is 9.59 Å². The fraction of sp³-hybridized carbons (Fsp3) is 0.538. The molecule has 1 aliphatic heterocycles. The lowest BCUT2D eigenvalue weighted by molar-refractivity contribution is -0.144. The highest BCUT2D eigenvalue weighted by Crippen LogP contribution is 2.25. The van der Waals surface area contributed by atoms with Gasteiger partial charge in [0.05, 0.1) is 19.1 Å². The quantitative estimate of drug-likeness (QED) is 0.761. The van der Waals surface area contributed by atoms with Crippen LogP contribution in [-0.2, 0) is 9.53 Å². The molecule has 0 spiro atoms. The molecule has 1 aromatic rings. The second kappa shape index (κ2) is 4.84. The summed E-state index contributed by atoms with van der Waals surface area (Å²) in [5.74, 6) is -0.217. The molecule has 18 heavy (non-hydrogen) atoms. The van der Waals surface area contributed by atoms with Gasteiger partial charge >= 0.3 is 5.97 Å². The first-order valence-corrected chi connectivity index (χ1v) is 6.12. The molecule has 0 saturated carbocycles. The number of hydrogen-bond acceptors (Lipinski definition) is 3. The molecule has 1 aliphatic rings. The molecule has 98 valence electrons. The average Bonchev–Trinajstić information content (AvgIpc) is 2.68. The van der Waals surface area contributed by atoms with Crippen LogP contribution in [0, 0.1) is 6.92 Å². The Hall–Kier alpha value is -1.78. The number of fused-ring (bicyclic) bond motifs is 1. The first kappa shape index (κ1) is 12.7. The van der Waals surface area contributed by atoms with Crippen LogP contribution >= 0.6 is 0 Å². The van der Waals surface area contributed by atoms with Crippen molar-refractivity contribution in [3.05, 3.63) is 23.5 Å². The molecule has 0 saturated heterocycles. The summed E-state index contributed by atoms with van der Waals surface area (Å²) in [6.45, 7) is 4.66. The second-order valence-corrected chi connectivity index (χ2v) is 4.66. The van der Waals surface area contributed by atoms with Crippen molar-refractivity contribution in [2.24, 2.45) is 0 Å². The van der Waals surface area contributed by atoms with Gasteiger partial charge < -0.3 is 14.2 Å². The molecule has 0 aromatic carbocycles. The van der Waals surface area contributed by atoms with Crippen LogP contribution in [0.5, 0.6) is 0 Å². The zero-order chi connectivity index (χ0) is 13.3. The maximum absolute atomic E-state index is 12.0. The fourth-order valence-corrected chi connectivity index (χ4v) is 2.35. The van der Waals surface area contributed by atoms with Crippen molar-refractivity contribution >= 4 is 11.9 Å². The number of carbonyl (C=O) groups is 2. The van der Waals surface area contributed by atoms with Gasteiger partial charge in [0.2, 0.25) is 0 Å². The van der Waals surface area contributed by atoms with Crippen molar-refractivity contribution < 1.29 is 14.3 Å². The summed E-state index contributed by atoms with van der Waals surface area (Å²) < 4.78 is 6.87. The summed E-state index contributed by atoms with van der Waals surface area (Å²) in [5.41, 5.74) is 1.68. The van der Waals surface area contributed by atoms with Gasteiger partial charge in [0.1, 0.15) is 5.69 Å². The van der Waals surface area contributed by atoms with Crippen LogP contribution in [0.3, 0.4) is 0 Å². The normalized spacial score (nSPS) is 18.7. The van der Waals surface area contributed by atoms with Crippen molar-refractivity contribution in [2.45, 2.75) is 26.3 Å². The summed E-state index contributed by atoms with van der Waals surface area (Å²) in [6, 6.07) is 1.83. The molecule has 1 amide bonds. The number of carbonyl (C=O) groups excluding carboxylic acids is 2. The van der Waals surface area contributed by atoms with E-state index in [4.69, 9.17) is 4.74 Å². The van der Waals surface area contributed by atoms with Gasteiger partial charge in [-0.05, 0) is 25.5 Å². The highest BCUT2D eigenvalue weighted by atomic mass is 16.5. The largest absolute Gasteiger partial charge is 0.466 e. The monoisotopic (exact) mass is 250 g/mol. The third kappa shape index (κ3) is 2.25. The van der Waals surface area contributed by atoms with E-state index in [2.05, 4.69) is 0 Å². The predicted octanol–water partition coefficient (Wildman–Crippen LogP) is 1.38. The summed E-state index contributed by atoms with van der Waals surface area (Å²) in [7, 11) is 1.76. The molecule has 5 heteroatoms. The number of amides is 1. The summed E-state index contributed by atoms with van der Waals surface area (Å²) in [4.78, 5) is 25.2. The Bertz CT molecular complexity index is 479. The molecular formula is C13H18N2O3. The van der Waals surface area contributed by atoms with E-state index in [0.29, 0.717) is 25.3 Å². The van der Waals surface area contributed by atoms with Crippen molar-refractivity contribution in [3.63, 3.8) is 0 Å². The first-order chi connectivity index (χ1) is 8.52. The Balaban J connectivity index is 2.24. The summed E-state index contributed by atoms with van der Waals surface area (Å²) in [6.07, 6.45) is 2.22. The first-order valence-electron chi connectivity index (χ1n) is 6.12. The van der Waals surface area contributed by atoms with Crippen molar-refractivity contribution in [1.82, 2.24) is 9.47 Å². The zero-order valence-electron chi connectivity index (χ0n) is 11.0.